The molecule has 2 aromatic rings. The maximum atomic E-state index is 15.3. The number of aryl methyl sites for hydroxylation is 1. The highest BCUT2D eigenvalue weighted by Gasteiger charge is 2.41. The molecule has 1 aromatic carbocycles. The van der Waals surface area contributed by atoms with Crippen molar-refractivity contribution in [2.24, 2.45) is 7.05 Å². The summed E-state index contributed by atoms with van der Waals surface area (Å²) in [5.74, 6) is 0.320. The van der Waals surface area contributed by atoms with E-state index in [1.54, 1.807) is 37.6 Å². The number of hydrogen-bond acceptors (Lipinski definition) is 5. The van der Waals surface area contributed by atoms with Crippen LogP contribution >= 0.6 is 11.6 Å². The first-order valence-corrected chi connectivity index (χ1v) is 8.78. The minimum absolute atomic E-state index is 0.230. The van der Waals surface area contributed by atoms with Crippen LogP contribution in [0.5, 0.6) is 0 Å². The first-order chi connectivity index (χ1) is 12.2. The van der Waals surface area contributed by atoms with E-state index in [4.69, 9.17) is 11.6 Å². The number of nitrogens with zero attached hydrogens (tertiary/aromatic N) is 5. The van der Waals surface area contributed by atoms with E-state index < -0.39 is 11.3 Å². The van der Waals surface area contributed by atoms with Crippen LogP contribution in [0.2, 0.25) is 5.02 Å². The highest BCUT2D eigenvalue weighted by Crippen LogP contribution is 2.40. The molecule has 1 aliphatic rings. The smallest absolute Gasteiger partial charge is 0.173 e. The summed E-state index contributed by atoms with van der Waals surface area (Å²) in [4.78, 5) is 1.92. The predicted molar refractivity (Wildman–Crippen MR) is 96.6 cm³/mol. The van der Waals surface area contributed by atoms with Gasteiger partial charge in [0.05, 0.1) is 21.9 Å². The van der Waals surface area contributed by atoms with Gasteiger partial charge in [-0.15, -0.1) is 10.2 Å². The van der Waals surface area contributed by atoms with Crippen molar-refractivity contribution in [3.8, 4) is 6.07 Å². The van der Waals surface area contributed by atoms with E-state index in [1.807, 2.05) is 4.90 Å². The van der Waals surface area contributed by atoms with Crippen molar-refractivity contribution in [2.45, 2.75) is 38.0 Å². The SMILES string of the molecule is Cn1cnnc1C1(F)CCN(c2c(Cl)cc(C(C)(C)O)cc2C#N)CC1. The fourth-order valence-corrected chi connectivity index (χ4v) is 3.70. The van der Waals surface area contributed by atoms with Crippen LogP contribution in [0.1, 0.15) is 43.6 Å². The fraction of sp³-hybridized carbons (Fsp3) is 0.500. The lowest BCUT2D eigenvalue weighted by atomic mass is 9.91. The number of alkyl halides is 1. The molecule has 138 valence electrons. The van der Waals surface area contributed by atoms with Crippen LogP contribution < -0.4 is 4.90 Å². The average Bonchev–Trinajstić information content (AvgIpc) is 3.01. The molecule has 0 spiro atoms. The Kier molecular flexibility index (Phi) is 4.67. The van der Waals surface area contributed by atoms with Crippen LogP contribution in [0.25, 0.3) is 0 Å². The largest absolute Gasteiger partial charge is 0.386 e. The van der Waals surface area contributed by atoms with Gasteiger partial charge in [0, 0.05) is 33.0 Å². The minimum atomic E-state index is -1.55. The lowest BCUT2D eigenvalue weighted by Gasteiger charge is -2.37. The Morgan fingerprint density at radius 2 is 2.00 bits per heavy atom. The van der Waals surface area contributed by atoms with Gasteiger partial charge in [-0.25, -0.2) is 4.39 Å². The van der Waals surface area contributed by atoms with E-state index in [1.165, 1.54) is 6.33 Å². The second kappa shape index (κ2) is 6.53. The van der Waals surface area contributed by atoms with Gasteiger partial charge in [0.25, 0.3) is 0 Å². The average molecular weight is 378 g/mol. The molecule has 0 amide bonds. The lowest BCUT2D eigenvalue weighted by Crippen LogP contribution is -2.42. The van der Waals surface area contributed by atoms with E-state index in [9.17, 15) is 10.4 Å². The number of rotatable bonds is 3. The van der Waals surface area contributed by atoms with Crippen molar-refractivity contribution < 1.29 is 9.50 Å². The standard InChI is InChI=1S/C18H21ClFN5O/c1-17(2,26)13-8-12(10-21)15(14(19)9-13)25-6-4-18(20,5-7-25)16-23-22-11-24(16)3/h8-9,11,26H,4-7H2,1-3H3. The normalized spacial score (nSPS) is 17.2. The molecule has 1 N–H and O–H groups in total. The van der Waals surface area contributed by atoms with Gasteiger partial charge in [-0.2, -0.15) is 5.26 Å². The summed E-state index contributed by atoms with van der Waals surface area (Å²) in [5.41, 5.74) is -1.12. The van der Waals surface area contributed by atoms with Gasteiger partial charge < -0.3 is 14.6 Å². The summed E-state index contributed by atoms with van der Waals surface area (Å²) in [7, 11) is 1.73. The molecule has 0 saturated carbocycles. The Balaban J connectivity index is 1.88. The maximum Gasteiger partial charge on any atom is 0.173 e. The van der Waals surface area contributed by atoms with Crippen molar-refractivity contribution in [1.82, 2.24) is 14.8 Å². The number of aromatic nitrogens is 3. The first kappa shape index (κ1) is 18.6. The fourth-order valence-electron chi connectivity index (χ4n) is 3.36. The number of anilines is 1. The van der Waals surface area contributed by atoms with E-state index in [2.05, 4.69) is 16.3 Å². The van der Waals surface area contributed by atoms with Crippen LogP contribution in [-0.2, 0) is 18.3 Å². The summed E-state index contributed by atoms with van der Waals surface area (Å²) >= 11 is 6.42. The Bertz CT molecular complexity index is 859. The molecule has 2 heterocycles. The van der Waals surface area contributed by atoms with Crippen molar-refractivity contribution in [1.29, 1.82) is 5.26 Å². The highest BCUT2D eigenvalue weighted by molar-refractivity contribution is 6.33. The van der Waals surface area contributed by atoms with Gasteiger partial charge >= 0.3 is 0 Å². The van der Waals surface area contributed by atoms with Gasteiger partial charge in [0.1, 0.15) is 12.4 Å². The van der Waals surface area contributed by atoms with Crippen molar-refractivity contribution in [3.05, 3.63) is 40.4 Å². The second-order valence-electron chi connectivity index (χ2n) is 7.24. The van der Waals surface area contributed by atoms with E-state index in [0.717, 1.165) is 0 Å². The molecule has 0 unspecified atom stereocenters. The molecule has 8 heteroatoms. The van der Waals surface area contributed by atoms with Gasteiger partial charge in [-0.05, 0) is 31.5 Å². The third-order valence-corrected chi connectivity index (χ3v) is 5.16. The molecule has 0 bridgehead atoms. The number of benzene rings is 1. The molecule has 1 aliphatic heterocycles. The summed E-state index contributed by atoms with van der Waals surface area (Å²) in [5, 5.41) is 27.8. The Morgan fingerprint density at radius 3 is 2.50 bits per heavy atom. The molecule has 1 fully saturated rings. The van der Waals surface area contributed by atoms with Crippen LogP contribution in [-0.4, -0.2) is 33.0 Å². The van der Waals surface area contributed by atoms with Crippen molar-refractivity contribution in [2.75, 3.05) is 18.0 Å². The number of hydrogen-bond donors (Lipinski definition) is 1. The molecule has 0 radical (unpaired) electrons. The number of aliphatic hydroxyl groups is 1. The van der Waals surface area contributed by atoms with E-state index in [0.29, 0.717) is 40.8 Å². The third-order valence-electron chi connectivity index (χ3n) is 4.87. The van der Waals surface area contributed by atoms with Gasteiger partial charge in [0.15, 0.2) is 11.5 Å². The Morgan fingerprint density at radius 1 is 1.35 bits per heavy atom. The number of halogens is 2. The summed E-state index contributed by atoms with van der Waals surface area (Å²) in [6.45, 7) is 4.08. The zero-order chi connectivity index (χ0) is 19.1. The number of piperidine rings is 1. The Hall–Kier alpha value is -2.17. The molecule has 0 aliphatic carbocycles. The van der Waals surface area contributed by atoms with Crippen LogP contribution in [0.3, 0.4) is 0 Å². The molecular formula is C18H21ClFN5O. The van der Waals surface area contributed by atoms with Gasteiger partial charge in [-0.1, -0.05) is 11.6 Å². The summed E-state index contributed by atoms with van der Waals surface area (Å²) in [6.07, 6.45) is 1.95. The molecule has 1 aromatic heterocycles. The van der Waals surface area contributed by atoms with Crippen molar-refractivity contribution >= 4 is 17.3 Å². The van der Waals surface area contributed by atoms with Crippen LogP contribution in [0.15, 0.2) is 18.5 Å². The number of nitriles is 1. The predicted octanol–water partition coefficient (Wildman–Crippen LogP) is 3.03. The second-order valence-corrected chi connectivity index (χ2v) is 7.65. The molecule has 1 saturated heterocycles. The first-order valence-electron chi connectivity index (χ1n) is 8.40. The van der Waals surface area contributed by atoms with E-state index >= 15 is 4.39 Å². The van der Waals surface area contributed by atoms with Gasteiger partial charge in [-0.3, -0.25) is 0 Å². The molecular weight excluding hydrogens is 357 g/mol. The zero-order valence-electron chi connectivity index (χ0n) is 15.0. The van der Waals surface area contributed by atoms with Crippen LogP contribution in [0.4, 0.5) is 10.1 Å². The van der Waals surface area contributed by atoms with Crippen LogP contribution in [0, 0.1) is 11.3 Å². The highest BCUT2D eigenvalue weighted by atomic mass is 35.5. The third kappa shape index (κ3) is 3.27. The zero-order valence-corrected chi connectivity index (χ0v) is 15.8. The monoisotopic (exact) mass is 377 g/mol. The molecule has 26 heavy (non-hydrogen) atoms. The van der Waals surface area contributed by atoms with Gasteiger partial charge in [0.2, 0.25) is 0 Å². The quantitative estimate of drug-likeness (QED) is 0.889. The lowest BCUT2D eigenvalue weighted by molar-refractivity contribution is 0.0786. The molecule has 3 rings (SSSR count). The minimum Gasteiger partial charge on any atom is -0.386 e. The van der Waals surface area contributed by atoms with E-state index in [-0.39, 0.29) is 12.8 Å². The molecule has 0 atom stereocenters. The maximum absolute atomic E-state index is 15.3. The van der Waals surface area contributed by atoms with Crippen molar-refractivity contribution in [3.63, 3.8) is 0 Å². The topological polar surface area (TPSA) is 78.0 Å². The Labute approximate surface area is 156 Å². The summed E-state index contributed by atoms with van der Waals surface area (Å²) in [6, 6.07) is 5.45. The molecule has 6 nitrogen and oxygen atoms in total. The summed E-state index contributed by atoms with van der Waals surface area (Å²) < 4.78 is 16.9.